The van der Waals surface area contributed by atoms with E-state index < -0.39 is 19.5 Å². The molecule has 0 saturated heterocycles. The van der Waals surface area contributed by atoms with Crippen molar-refractivity contribution in [3.05, 3.63) is 95.6 Å². The highest BCUT2D eigenvalue weighted by atomic mass is 31.2. The number of esters is 2. The van der Waals surface area contributed by atoms with Crippen LogP contribution in [0.5, 0.6) is 11.5 Å². The number of carbonyl (C=O) groups is 2. The topological polar surface area (TPSA) is 108 Å². The molecule has 3 aromatic carbocycles. The molecule has 0 saturated carbocycles. The second-order valence-electron chi connectivity index (χ2n) is 7.14. The van der Waals surface area contributed by atoms with Gasteiger partial charge in [-0.25, -0.2) is 14.2 Å². The molecule has 0 amide bonds. The minimum Gasteiger partial charge on any atom is -0.508 e. The number of carbonyl (C=O) groups excluding carboxylic acids is 2. The minimum absolute atomic E-state index is 0.0700. The van der Waals surface area contributed by atoms with Crippen molar-refractivity contribution >= 4 is 19.5 Å². The van der Waals surface area contributed by atoms with Crippen LogP contribution in [0.4, 0.5) is 0 Å². The molecule has 0 radical (unpaired) electrons. The summed E-state index contributed by atoms with van der Waals surface area (Å²) in [5, 5.41) is 9.02. The first-order valence-electron chi connectivity index (χ1n) is 10.9. The predicted molar refractivity (Wildman–Crippen MR) is 132 cm³/mol. The van der Waals surface area contributed by atoms with Crippen molar-refractivity contribution in [2.75, 3.05) is 19.9 Å². The Morgan fingerprint density at radius 1 is 0.800 bits per heavy atom. The summed E-state index contributed by atoms with van der Waals surface area (Å²) in [6, 6.07) is 21.8. The Hall–Kier alpha value is -3.61. The summed E-state index contributed by atoms with van der Waals surface area (Å²) < 4.78 is 32.9. The number of benzene rings is 3. The normalized spacial score (nSPS) is 11.9. The van der Waals surface area contributed by atoms with Crippen molar-refractivity contribution in [1.29, 1.82) is 0 Å². The highest BCUT2D eigenvalue weighted by Crippen LogP contribution is 2.45. The summed E-state index contributed by atoms with van der Waals surface area (Å²) in [5.41, 5.74) is 1.61. The number of ether oxygens (including phenoxy) is 2. The fourth-order valence-corrected chi connectivity index (χ4v) is 3.66. The third kappa shape index (κ3) is 10.0. The van der Waals surface area contributed by atoms with Gasteiger partial charge in [0.25, 0.3) is 0 Å². The van der Waals surface area contributed by atoms with Crippen molar-refractivity contribution in [3.8, 4) is 11.5 Å². The van der Waals surface area contributed by atoms with Gasteiger partial charge in [0.05, 0.1) is 30.9 Å². The van der Waals surface area contributed by atoms with E-state index in [1.807, 2.05) is 30.3 Å². The molecule has 8 nitrogen and oxygen atoms in total. The van der Waals surface area contributed by atoms with E-state index in [-0.39, 0.29) is 19.0 Å². The van der Waals surface area contributed by atoms with Crippen molar-refractivity contribution in [3.63, 3.8) is 0 Å². The zero-order valence-corrected chi connectivity index (χ0v) is 20.8. The monoisotopic (exact) mass is 500 g/mol. The number of hydrogen-bond donors (Lipinski definition) is 1. The summed E-state index contributed by atoms with van der Waals surface area (Å²) in [7, 11) is -3.30. The van der Waals surface area contributed by atoms with E-state index in [1.54, 1.807) is 44.2 Å². The van der Waals surface area contributed by atoms with Crippen LogP contribution in [0.2, 0.25) is 0 Å². The molecule has 0 aromatic heterocycles. The maximum absolute atomic E-state index is 12.4. The first-order chi connectivity index (χ1) is 16.7. The van der Waals surface area contributed by atoms with E-state index >= 15 is 0 Å². The van der Waals surface area contributed by atoms with Crippen LogP contribution in [0.15, 0.2) is 78.9 Å². The first kappa shape index (κ1) is 27.6. The smallest absolute Gasteiger partial charge is 0.376 e. The number of aromatic hydroxyl groups is 1. The van der Waals surface area contributed by atoms with Crippen LogP contribution in [0.1, 0.15) is 40.1 Å². The average molecular weight is 500 g/mol. The zero-order valence-electron chi connectivity index (χ0n) is 19.9. The van der Waals surface area contributed by atoms with Crippen LogP contribution in [0, 0.1) is 0 Å². The zero-order chi connectivity index (χ0) is 25.7. The molecular formula is C26H29O8P. The number of phenolic OH excluding ortho intramolecular Hbond substituents is 1. The van der Waals surface area contributed by atoms with Gasteiger partial charge in [-0.1, -0.05) is 42.5 Å². The van der Waals surface area contributed by atoms with E-state index in [1.165, 1.54) is 24.9 Å². The fourth-order valence-electron chi connectivity index (χ4n) is 2.73. The van der Waals surface area contributed by atoms with Crippen LogP contribution in [-0.2, 0) is 25.2 Å². The Morgan fingerprint density at radius 2 is 1.37 bits per heavy atom. The van der Waals surface area contributed by atoms with E-state index in [0.29, 0.717) is 23.5 Å². The average Bonchev–Trinajstić information content (AvgIpc) is 2.84. The van der Waals surface area contributed by atoms with Crippen LogP contribution >= 0.6 is 7.60 Å². The highest BCUT2D eigenvalue weighted by Gasteiger charge is 2.19. The summed E-state index contributed by atoms with van der Waals surface area (Å²) in [6.07, 6.45) is 0. The second-order valence-corrected chi connectivity index (χ2v) is 9.12. The third-order valence-electron chi connectivity index (χ3n) is 4.28. The Bertz CT molecular complexity index is 1150. The lowest BCUT2D eigenvalue weighted by molar-refractivity contribution is 0.0516. The molecule has 3 rings (SSSR count). The van der Waals surface area contributed by atoms with Crippen LogP contribution in [0.3, 0.4) is 0 Å². The number of rotatable bonds is 9. The van der Waals surface area contributed by atoms with E-state index in [2.05, 4.69) is 0 Å². The molecule has 9 heteroatoms. The number of phenols is 1. The standard InChI is InChI=1S/C17H19O5P.C9H10O3/c1-3-20-17(18)15-10-7-11-16(12-15)22-23(2,19)21-13-14-8-5-4-6-9-14;1-2-12-9(11)7-4-3-5-8(10)6-7/h4-12H,3,13H2,1-2H3;3-6,10H,2H2,1H3. The molecule has 0 bridgehead atoms. The van der Waals surface area contributed by atoms with Crippen LogP contribution in [-0.4, -0.2) is 36.9 Å². The van der Waals surface area contributed by atoms with E-state index in [4.69, 9.17) is 23.6 Å². The first-order valence-corrected chi connectivity index (χ1v) is 12.9. The molecule has 0 aliphatic carbocycles. The second kappa shape index (κ2) is 13.9. The molecule has 1 atom stereocenters. The number of hydrogen-bond acceptors (Lipinski definition) is 8. The van der Waals surface area contributed by atoms with Gasteiger partial charge in [-0.15, -0.1) is 0 Å². The van der Waals surface area contributed by atoms with Gasteiger partial charge in [0.2, 0.25) is 0 Å². The lowest BCUT2D eigenvalue weighted by atomic mass is 10.2. The van der Waals surface area contributed by atoms with Gasteiger partial charge in [-0.05, 0) is 55.8 Å². The summed E-state index contributed by atoms with van der Waals surface area (Å²) in [5.74, 6) is -0.488. The molecule has 1 unspecified atom stereocenters. The molecule has 1 N–H and O–H groups in total. The van der Waals surface area contributed by atoms with Gasteiger partial charge < -0.3 is 19.1 Å². The van der Waals surface area contributed by atoms with E-state index in [9.17, 15) is 14.2 Å². The lowest BCUT2D eigenvalue weighted by Crippen LogP contribution is -2.05. The quantitative estimate of drug-likeness (QED) is 0.288. The van der Waals surface area contributed by atoms with Gasteiger partial charge >= 0.3 is 19.5 Å². The molecule has 0 aliphatic heterocycles. The molecular weight excluding hydrogens is 471 g/mol. The Morgan fingerprint density at radius 3 is 1.94 bits per heavy atom. The molecule has 186 valence electrons. The molecule has 0 spiro atoms. The highest BCUT2D eigenvalue weighted by molar-refractivity contribution is 7.53. The lowest BCUT2D eigenvalue weighted by Gasteiger charge is -2.15. The Labute approximate surface area is 205 Å². The maximum atomic E-state index is 12.4. The Kier molecular flexibility index (Phi) is 11.0. The van der Waals surface area contributed by atoms with Crippen molar-refractivity contribution in [2.24, 2.45) is 0 Å². The minimum atomic E-state index is -3.30. The summed E-state index contributed by atoms with van der Waals surface area (Å²) in [4.78, 5) is 22.8. The third-order valence-corrected chi connectivity index (χ3v) is 5.42. The van der Waals surface area contributed by atoms with Crippen LogP contribution in [0.25, 0.3) is 0 Å². The van der Waals surface area contributed by atoms with Gasteiger partial charge in [-0.2, -0.15) is 0 Å². The summed E-state index contributed by atoms with van der Waals surface area (Å²) in [6.45, 7) is 5.68. The fraction of sp³-hybridized carbons (Fsp3) is 0.231. The Balaban J connectivity index is 0.000000303. The predicted octanol–water partition coefficient (Wildman–Crippen LogP) is 5.85. The summed E-state index contributed by atoms with van der Waals surface area (Å²) >= 11 is 0. The molecule has 3 aromatic rings. The molecule has 0 fully saturated rings. The molecule has 0 heterocycles. The van der Waals surface area contributed by atoms with Gasteiger partial charge in [0, 0.05) is 6.66 Å². The van der Waals surface area contributed by atoms with E-state index in [0.717, 1.165) is 5.56 Å². The van der Waals surface area contributed by atoms with Crippen LogP contribution < -0.4 is 4.52 Å². The van der Waals surface area contributed by atoms with Gasteiger partial charge in [-0.3, -0.25) is 4.52 Å². The molecule has 0 aliphatic rings. The van der Waals surface area contributed by atoms with Crippen molar-refractivity contribution in [1.82, 2.24) is 0 Å². The van der Waals surface area contributed by atoms with Gasteiger partial charge in [0.1, 0.15) is 11.5 Å². The maximum Gasteiger partial charge on any atom is 0.376 e. The van der Waals surface area contributed by atoms with Gasteiger partial charge in [0.15, 0.2) is 0 Å². The SMILES string of the molecule is CCOC(=O)c1cccc(O)c1.CCOC(=O)c1cccc(OP(C)(=O)OCc2ccccc2)c1. The van der Waals surface area contributed by atoms with Crippen molar-refractivity contribution in [2.45, 2.75) is 20.5 Å². The molecule has 35 heavy (non-hydrogen) atoms. The van der Waals surface area contributed by atoms with Crippen molar-refractivity contribution < 1.29 is 37.8 Å². The largest absolute Gasteiger partial charge is 0.508 e.